The fourth-order valence-corrected chi connectivity index (χ4v) is 1.91. The summed E-state index contributed by atoms with van der Waals surface area (Å²) in [6.07, 6.45) is 3.60. The van der Waals surface area contributed by atoms with E-state index in [0.29, 0.717) is 12.5 Å². The lowest BCUT2D eigenvalue weighted by Crippen LogP contribution is -2.23. The van der Waals surface area contributed by atoms with E-state index in [4.69, 9.17) is 10.5 Å². The standard InChI is InChI=1S/C16H25N3O.HI/c1-12-4-7-15(10-13(12)2)19-16(17)18-8-3-9-20-11-14-5-6-14;/h4,7,10,14H,3,5-6,8-9,11H2,1-2H3,(H3,17,18,19);1H. The van der Waals surface area contributed by atoms with Gasteiger partial charge in [0.05, 0.1) is 0 Å². The number of aliphatic imine (C=N–C) groups is 1. The van der Waals surface area contributed by atoms with Gasteiger partial charge in [0.2, 0.25) is 0 Å². The highest BCUT2D eigenvalue weighted by molar-refractivity contribution is 14.0. The highest BCUT2D eigenvalue weighted by Crippen LogP contribution is 2.28. The van der Waals surface area contributed by atoms with Crippen molar-refractivity contribution in [2.45, 2.75) is 33.1 Å². The Hall–Kier alpha value is -0.820. The number of aryl methyl sites for hydroxylation is 2. The van der Waals surface area contributed by atoms with Gasteiger partial charge in [-0.3, -0.25) is 4.99 Å². The minimum atomic E-state index is 0. The highest BCUT2D eigenvalue weighted by Gasteiger charge is 2.20. The van der Waals surface area contributed by atoms with Crippen LogP contribution < -0.4 is 11.1 Å². The SMILES string of the molecule is Cc1ccc(NC(N)=NCCCOCC2CC2)cc1C.I. The molecule has 1 aliphatic carbocycles. The smallest absolute Gasteiger partial charge is 0.193 e. The van der Waals surface area contributed by atoms with Gasteiger partial charge in [-0.25, -0.2) is 0 Å². The fraction of sp³-hybridized carbons (Fsp3) is 0.562. The van der Waals surface area contributed by atoms with Crippen molar-refractivity contribution < 1.29 is 4.74 Å². The Balaban J connectivity index is 0.00000220. The average molecular weight is 403 g/mol. The van der Waals surface area contributed by atoms with Crippen LogP contribution in [0.25, 0.3) is 0 Å². The van der Waals surface area contributed by atoms with E-state index >= 15 is 0 Å². The third-order valence-electron chi connectivity index (χ3n) is 3.56. The van der Waals surface area contributed by atoms with Crippen molar-refractivity contribution in [3.05, 3.63) is 29.3 Å². The first-order chi connectivity index (χ1) is 9.65. The molecule has 0 bridgehead atoms. The van der Waals surface area contributed by atoms with Crippen molar-refractivity contribution in [1.82, 2.24) is 0 Å². The first kappa shape index (κ1) is 18.2. The van der Waals surface area contributed by atoms with Gasteiger partial charge in [0, 0.05) is 25.4 Å². The zero-order chi connectivity index (χ0) is 14.4. The maximum absolute atomic E-state index is 5.86. The summed E-state index contributed by atoms with van der Waals surface area (Å²) in [6, 6.07) is 6.18. The normalized spacial score (nSPS) is 14.7. The maximum atomic E-state index is 5.86. The van der Waals surface area contributed by atoms with Crippen molar-refractivity contribution in [1.29, 1.82) is 0 Å². The average Bonchev–Trinajstić information content (AvgIpc) is 3.22. The number of nitrogens with one attached hydrogen (secondary N) is 1. The van der Waals surface area contributed by atoms with Crippen molar-refractivity contribution in [2.75, 3.05) is 25.1 Å². The molecule has 0 spiro atoms. The molecular weight excluding hydrogens is 377 g/mol. The molecule has 3 N–H and O–H groups in total. The molecule has 0 aliphatic heterocycles. The van der Waals surface area contributed by atoms with Crippen molar-refractivity contribution in [2.24, 2.45) is 16.6 Å². The number of nitrogens with zero attached hydrogens (tertiary/aromatic N) is 1. The molecule has 118 valence electrons. The monoisotopic (exact) mass is 403 g/mol. The summed E-state index contributed by atoms with van der Waals surface area (Å²) in [7, 11) is 0. The molecule has 0 aromatic heterocycles. The summed E-state index contributed by atoms with van der Waals surface area (Å²) in [4.78, 5) is 4.31. The van der Waals surface area contributed by atoms with E-state index < -0.39 is 0 Å². The Labute approximate surface area is 144 Å². The van der Waals surface area contributed by atoms with E-state index in [2.05, 4.69) is 36.3 Å². The van der Waals surface area contributed by atoms with Crippen molar-refractivity contribution >= 4 is 35.6 Å². The van der Waals surface area contributed by atoms with Crippen LogP contribution in [-0.4, -0.2) is 25.7 Å². The van der Waals surface area contributed by atoms with Gasteiger partial charge in [0.15, 0.2) is 5.96 Å². The number of ether oxygens (including phenoxy) is 1. The Bertz CT molecular complexity index is 473. The second-order valence-electron chi connectivity index (χ2n) is 5.56. The fourth-order valence-electron chi connectivity index (χ4n) is 1.91. The molecule has 1 aromatic rings. The van der Waals surface area contributed by atoms with E-state index in [1.165, 1.54) is 24.0 Å². The number of hydrogen-bond donors (Lipinski definition) is 2. The third-order valence-corrected chi connectivity index (χ3v) is 3.56. The number of nitrogens with two attached hydrogens (primary N) is 1. The first-order valence-corrected chi connectivity index (χ1v) is 7.37. The Morgan fingerprint density at radius 2 is 2.10 bits per heavy atom. The van der Waals surface area contributed by atoms with Crippen molar-refractivity contribution in [3.63, 3.8) is 0 Å². The molecule has 1 aromatic carbocycles. The van der Waals surface area contributed by atoms with E-state index in [9.17, 15) is 0 Å². The molecule has 5 heteroatoms. The minimum Gasteiger partial charge on any atom is -0.381 e. The lowest BCUT2D eigenvalue weighted by molar-refractivity contribution is 0.123. The molecule has 1 aliphatic rings. The van der Waals surface area contributed by atoms with Gasteiger partial charge in [-0.05, 0) is 62.3 Å². The molecule has 0 amide bonds. The molecule has 2 rings (SSSR count). The van der Waals surface area contributed by atoms with Crippen LogP contribution in [0.4, 0.5) is 5.69 Å². The summed E-state index contributed by atoms with van der Waals surface area (Å²) >= 11 is 0. The highest BCUT2D eigenvalue weighted by atomic mass is 127. The number of benzene rings is 1. The molecule has 1 saturated carbocycles. The van der Waals surface area contributed by atoms with Crippen LogP contribution >= 0.6 is 24.0 Å². The van der Waals surface area contributed by atoms with Gasteiger partial charge >= 0.3 is 0 Å². The van der Waals surface area contributed by atoms with E-state index in [1.54, 1.807) is 0 Å². The molecule has 0 heterocycles. The molecule has 0 saturated heterocycles. The van der Waals surface area contributed by atoms with E-state index in [1.807, 2.05) is 6.07 Å². The second-order valence-corrected chi connectivity index (χ2v) is 5.56. The molecule has 0 radical (unpaired) electrons. The largest absolute Gasteiger partial charge is 0.381 e. The minimum absolute atomic E-state index is 0. The Kier molecular flexibility index (Phi) is 8.03. The number of rotatable bonds is 7. The van der Waals surface area contributed by atoms with E-state index in [0.717, 1.165) is 31.2 Å². The lowest BCUT2D eigenvalue weighted by atomic mass is 10.1. The number of hydrogen-bond acceptors (Lipinski definition) is 2. The molecule has 4 nitrogen and oxygen atoms in total. The van der Waals surface area contributed by atoms with Crippen LogP contribution in [0.5, 0.6) is 0 Å². The predicted octanol–water partition coefficient (Wildman–Crippen LogP) is 3.46. The van der Waals surface area contributed by atoms with Gasteiger partial charge in [-0.15, -0.1) is 24.0 Å². The molecule has 1 fully saturated rings. The zero-order valence-electron chi connectivity index (χ0n) is 12.9. The predicted molar refractivity (Wildman–Crippen MR) is 99.6 cm³/mol. The van der Waals surface area contributed by atoms with Crippen LogP contribution in [-0.2, 0) is 4.74 Å². The lowest BCUT2D eigenvalue weighted by Gasteiger charge is -2.08. The number of guanidine groups is 1. The molecule has 21 heavy (non-hydrogen) atoms. The maximum Gasteiger partial charge on any atom is 0.193 e. The van der Waals surface area contributed by atoms with Gasteiger partial charge in [-0.2, -0.15) is 0 Å². The van der Waals surface area contributed by atoms with Crippen LogP contribution in [0.1, 0.15) is 30.4 Å². The van der Waals surface area contributed by atoms with Gasteiger partial charge in [-0.1, -0.05) is 6.07 Å². The molecule has 0 atom stereocenters. The summed E-state index contributed by atoms with van der Waals surface area (Å²) < 4.78 is 5.56. The van der Waals surface area contributed by atoms with Crippen LogP contribution in [0.15, 0.2) is 23.2 Å². The topological polar surface area (TPSA) is 59.6 Å². The number of anilines is 1. The Morgan fingerprint density at radius 1 is 1.33 bits per heavy atom. The van der Waals surface area contributed by atoms with Crippen LogP contribution in [0, 0.1) is 19.8 Å². The quantitative estimate of drug-likeness (QED) is 0.317. The van der Waals surface area contributed by atoms with Gasteiger partial charge in [0.1, 0.15) is 0 Å². The first-order valence-electron chi connectivity index (χ1n) is 7.37. The summed E-state index contributed by atoms with van der Waals surface area (Å²) in [5.74, 6) is 1.30. The van der Waals surface area contributed by atoms with Gasteiger partial charge < -0.3 is 15.8 Å². The third kappa shape index (κ3) is 7.13. The van der Waals surface area contributed by atoms with Crippen LogP contribution in [0.2, 0.25) is 0 Å². The Morgan fingerprint density at radius 3 is 2.76 bits per heavy atom. The summed E-state index contributed by atoms with van der Waals surface area (Å²) in [5.41, 5.74) is 9.37. The van der Waals surface area contributed by atoms with Crippen LogP contribution in [0.3, 0.4) is 0 Å². The second kappa shape index (κ2) is 9.25. The number of halogens is 1. The molecular formula is C16H26IN3O. The van der Waals surface area contributed by atoms with Gasteiger partial charge in [0.25, 0.3) is 0 Å². The van der Waals surface area contributed by atoms with E-state index in [-0.39, 0.29) is 24.0 Å². The zero-order valence-corrected chi connectivity index (χ0v) is 15.2. The molecule has 0 unspecified atom stereocenters. The summed E-state index contributed by atoms with van der Waals surface area (Å²) in [5, 5.41) is 3.12. The van der Waals surface area contributed by atoms with Crippen molar-refractivity contribution in [3.8, 4) is 0 Å². The summed E-state index contributed by atoms with van der Waals surface area (Å²) in [6.45, 7) is 6.58.